The fraction of sp³-hybridized carbons (Fsp3) is 0.571. The van der Waals surface area contributed by atoms with Crippen LogP contribution in [0, 0.1) is 11.7 Å². The maximum Gasteiger partial charge on any atom is 0.127 e. The van der Waals surface area contributed by atoms with E-state index in [9.17, 15) is 4.39 Å². The molecule has 0 radical (unpaired) electrons. The van der Waals surface area contributed by atoms with E-state index in [2.05, 4.69) is 17.3 Å². The number of rotatable bonds is 3. The summed E-state index contributed by atoms with van der Waals surface area (Å²) in [4.78, 5) is 2.33. The van der Waals surface area contributed by atoms with Crippen LogP contribution in [0.2, 0.25) is 0 Å². The summed E-state index contributed by atoms with van der Waals surface area (Å²) >= 11 is 0. The quantitative estimate of drug-likeness (QED) is 0.867. The molecule has 0 aliphatic carbocycles. The summed E-state index contributed by atoms with van der Waals surface area (Å²) in [5, 5.41) is 3.28. The molecule has 1 heterocycles. The average molecular weight is 236 g/mol. The normalized spacial score (nSPS) is 23.6. The monoisotopic (exact) mass is 236 g/mol. The molecule has 0 bridgehead atoms. The molecule has 94 valence electrons. The maximum atomic E-state index is 13.8. The number of hydrogen-bond acceptors (Lipinski definition) is 2. The number of likely N-dealkylation sites (tertiary alicyclic amines) is 1. The third-order valence-electron chi connectivity index (χ3n) is 3.68. The minimum atomic E-state index is -0.0972. The number of benzene rings is 1. The second kappa shape index (κ2) is 5.61. The molecule has 1 fully saturated rings. The van der Waals surface area contributed by atoms with Gasteiger partial charge < -0.3 is 10.2 Å². The standard InChI is InChI=1S/C14H21FN2/c1-16-14(11-6-5-9-17(2)10-11)12-7-3-4-8-13(12)15/h3-4,7-8,11,14,16H,5-6,9-10H2,1-2H3. The van der Waals surface area contributed by atoms with E-state index < -0.39 is 0 Å². The van der Waals surface area contributed by atoms with Gasteiger partial charge in [-0.3, -0.25) is 0 Å². The van der Waals surface area contributed by atoms with Crippen molar-refractivity contribution in [2.24, 2.45) is 5.92 Å². The highest BCUT2D eigenvalue weighted by molar-refractivity contribution is 5.22. The van der Waals surface area contributed by atoms with Crippen LogP contribution in [0.5, 0.6) is 0 Å². The molecular formula is C14H21FN2. The highest BCUT2D eigenvalue weighted by Crippen LogP contribution is 2.30. The number of piperidine rings is 1. The van der Waals surface area contributed by atoms with Crippen molar-refractivity contribution in [1.29, 1.82) is 0 Å². The first kappa shape index (κ1) is 12.5. The summed E-state index contributed by atoms with van der Waals surface area (Å²) in [6, 6.07) is 7.23. The largest absolute Gasteiger partial charge is 0.313 e. The van der Waals surface area contributed by atoms with Crippen LogP contribution in [-0.4, -0.2) is 32.1 Å². The Kier molecular flexibility index (Phi) is 4.13. The van der Waals surface area contributed by atoms with Crippen LogP contribution in [0.4, 0.5) is 4.39 Å². The zero-order chi connectivity index (χ0) is 12.3. The molecule has 0 amide bonds. The SMILES string of the molecule is CNC(c1ccccc1F)C1CCCN(C)C1. The molecule has 0 spiro atoms. The first-order chi connectivity index (χ1) is 8.22. The summed E-state index contributed by atoms with van der Waals surface area (Å²) in [7, 11) is 4.06. The first-order valence-corrected chi connectivity index (χ1v) is 6.32. The lowest BCUT2D eigenvalue weighted by Crippen LogP contribution is -2.39. The van der Waals surface area contributed by atoms with Gasteiger partial charge in [-0.15, -0.1) is 0 Å². The van der Waals surface area contributed by atoms with Gasteiger partial charge in [0.15, 0.2) is 0 Å². The van der Waals surface area contributed by atoms with Crippen LogP contribution >= 0.6 is 0 Å². The summed E-state index contributed by atoms with van der Waals surface area (Å²) in [6.07, 6.45) is 2.37. The van der Waals surface area contributed by atoms with Crippen molar-refractivity contribution < 1.29 is 4.39 Å². The average Bonchev–Trinajstić information content (AvgIpc) is 2.33. The highest BCUT2D eigenvalue weighted by atomic mass is 19.1. The highest BCUT2D eigenvalue weighted by Gasteiger charge is 2.27. The van der Waals surface area contributed by atoms with E-state index in [-0.39, 0.29) is 11.9 Å². The second-order valence-electron chi connectivity index (χ2n) is 4.95. The van der Waals surface area contributed by atoms with Crippen LogP contribution in [0.25, 0.3) is 0 Å². The number of nitrogens with one attached hydrogen (secondary N) is 1. The number of nitrogens with zero attached hydrogens (tertiary/aromatic N) is 1. The smallest absolute Gasteiger partial charge is 0.127 e. The molecule has 1 saturated heterocycles. The molecule has 0 aromatic heterocycles. The molecule has 2 unspecified atom stereocenters. The number of hydrogen-bond donors (Lipinski definition) is 1. The molecule has 1 aromatic carbocycles. The maximum absolute atomic E-state index is 13.8. The van der Waals surface area contributed by atoms with Gasteiger partial charge in [0.05, 0.1) is 0 Å². The Morgan fingerprint density at radius 1 is 1.41 bits per heavy atom. The molecule has 0 saturated carbocycles. The first-order valence-electron chi connectivity index (χ1n) is 6.32. The van der Waals surface area contributed by atoms with Gasteiger partial charge in [-0.05, 0) is 45.5 Å². The summed E-state index contributed by atoms with van der Waals surface area (Å²) in [6.45, 7) is 2.20. The van der Waals surface area contributed by atoms with E-state index in [1.807, 2.05) is 19.2 Å². The summed E-state index contributed by atoms with van der Waals surface area (Å²) in [5.74, 6) is 0.399. The zero-order valence-corrected chi connectivity index (χ0v) is 10.6. The lowest BCUT2D eigenvalue weighted by molar-refractivity contribution is 0.175. The van der Waals surface area contributed by atoms with Crippen molar-refractivity contribution in [3.8, 4) is 0 Å². The van der Waals surface area contributed by atoms with Crippen molar-refractivity contribution in [2.45, 2.75) is 18.9 Å². The third kappa shape index (κ3) is 2.85. The van der Waals surface area contributed by atoms with E-state index in [1.165, 1.54) is 12.8 Å². The predicted octanol–water partition coefficient (Wildman–Crippen LogP) is 2.43. The van der Waals surface area contributed by atoms with Crippen LogP contribution in [0.3, 0.4) is 0 Å². The van der Waals surface area contributed by atoms with Gasteiger partial charge in [-0.2, -0.15) is 0 Å². The van der Waals surface area contributed by atoms with E-state index >= 15 is 0 Å². The van der Waals surface area contributed by atoms with Crippen molar-refractivity contribution in [3.05, 3.63) is 35.6 Å². The van der Waals surface area contributed by atoms with Crippen LogP contribution in [-0.2, 0) is 0 Å². The molecule has 2 rings (SSSR count). The van der Waals surface area contributed by atoms with Crippen molar-refractivity contribution in [1.82, 2.24) is 10.2 Å². The molecule has 17 heavy (non-hydrogen) atoms. The lowest BCUT2D eigenvalue weighted by atomic mass is 9.86. The Labute approximate surface area is 103 Å². The van der Waals surface area contributed by atoms with Gasteiger partial charge in [0.2, 0.25) is 0 Å². The molecule has 1 aliphatic rings. The molecule has 1 aromatic rings. The second-order valence-corrected chi connectivity index (χ2v) is 4.95. The lowest BCUT2D eigenvalue weighted by Gasteiger charge is -2.35. The topological polar surface area (TPSA) is 15.3 Å². The van der Waals surface area contributed by atoms with Gasteiger partial charge in [0.25, 0.3) is 0 Å². The Morgan fingerprint density at radius 3 is 2.82 bits per heavy atom. The molecule has 2 nitrogen and oxygen atoms in total. The Morgan fingerprint density at radius 2 is 2.18 bits per heavy atom. The molecule has 2 atom stereocenters. The fourth-order valence-corrected chi connectivity index (χ4v) is 2.85. The molecule has 3 heteroatoms. The van der Waals surface area contributed by atoms with Crippen molar-refractivity contribution in [2.75, 3.05) is 27.2 Å². The van der Waals surface area contributed by atoms with E-state index in [0.717, 1.165) is 18.7 Å². The van der Waals surface area contributed by atoms with Crippen molar-refractivity contribution in [3.63, 3.8) is 0 Å². The van der Waals surface area contributed by atoms with Crippen LogP contribution < -0.4 is 5.32 Å². The van der Waals surface area contributed by atoms with Gasteiger partial charge in [-0.25, -0.2) is 4.39 Å². The molecular weight excluding hydrogens is 215 g/mol. The van der Waals surface area contributed by atoms with Gasteiger partial charge in [0, 0.05) is 18.2 Å². The minimum absolute atomic E-state index is 0.0972. The molecule has 1 N–H and O–H groups in total. The van der Waals surface area contributed by atoms with Crippen molar-refractivity contribution >= 4 is 0 Å². The minimum Gasteiger partial charge on any atom is -0.313 e. The zero-order valence-electron chi connectivity index (χ0n) is 10.6. The Balaban J connectivity index is 2.18. The van der Waals surface area contributed by atoms with E-state index in [4.69, 9.17) is 0 Å². The Bertz CT molecular complexity index is 367. The van der Waals surface area contributed by atoms with Crippen LogP contribution in [0.1, 0.15) is 24.4 Å². The Hall–Kier alpha value is -0.930. The van der Waals surface area contributed by atoms with E-state index in [1.54, 1.807) is 12.1 Å². The van der Waals surface area contributed by atoms with Gasteiger partial charge >= 0.3 is 0 Å². The van der Waals surface area contributed by atoms with E-state index in [0.29, 0.717) is 5.92 Å². The van der Waals surface area contributed by atoms with Gasteiger partial charge in [0.1, 0.15) is 5.82 Å². The van der Waals surface area contributed by atoms with Gasteiger partial charge in [-0.1, -0.05) is 18.2 Å². The van der Waals surface area contributed by atoms with Crippen LogP contribution in [0.15, 0.2) is 24.3 Å². The number of halogens is 1. The summed E-state index contributed by atoms with van der Waals surface area (Å²) < 4.78 is 13.8. The molecule has 1 aliphatic heterocycles. The predicted molar refractivity (Wildman–Crippen MR) is 68.4 cm³/mol. The summed E-state index contributed by atoms with van der Waals surface area (Å²) in [5.41, 5.74) is 0.801. The third-order valence-corrected chi connectivity index (χ3v) is 3.68. The fourth-order valence-electron chi connectivity index (χ4n) is 2.85.